The molecule has 0 spiro atoms. The Morgan fingerprint density at radius 1 is 1.36 bits per heavy atom. The lowest BCUT2D eigenvalue weighted by Crippen LogP contribution is -2.36. The number of hydrogen-bond acceptors (Lipinski definition) is 3. The maximum Gasteiger partial charge on any atom is 0.272 e. The van der Waals surface area contributed by atoms with Gasteiger partial charge in [-0.1, -0.05) is 0 Å². The molecule has 1 amide bonds. The number of carbonyl (C=O) groups is 1. The Kier molecular flexibility index (Phi) is 2.89. The van der Waals surface area contributed by atoms with Gasteiger partial charge >= 0.3 is 0 Å². The molecule has 1 aromatic carbocycles. The zero-order valence-electron chi connectivity index (χ0n) is 12.2. The standard InChI is InChI=1S/C16H16N4O2/c1-22-10-2-3-13-11(8-10)12-9-20(7-5-14(12)18-13)16(21)15-4-6-17-19-15/h2-4,6,8,18H,5,7,9H2,1H3,(H,17,19). The summed E-state index contributed by atoms with van der Waals surface area (Å²) >= 11 is 0. The summed E-state index contributed by atoms with van der Waals surface area (Å²) in [5, 5.41) is 7.71. The summed E-state index contributed by atoms with van der Waals surface area (Å²) in [6.45, 7) is 1.30. The molecule has 0 saturated heterocycles. The summed E-state index contributed by atoms with van der Waals surface area (Å²) in [7, 11) is 1.66. The quantitative estimate of drug-likeness (QED) is 0.760. The van der Waals surface area contributed by atoms with E-state index in [1.165, 1.54) is 11.3 Å². The number of amides is 1. The first-order valence-corrected chi connectivity index (χ1v) is 7.22. The van der Waals surface area contributed by atoms with Crippen molar-refractivity contribution in [2.24, 2.45) is 0 Å². The average Bonchev–Trinajstić information content (AvgIpc) is 3.20. The van der Waals surface area contributed by atoms with Crippen molar-refractivity contribution >= 4 is 16.8 Å². The Hall–Kier alpha value is -2.76. The van der Waals surface area contributed by atoms with Gasteiger partial charge in [-0.15, -0.1) is 0 Å². The normalized spacial score (nSPS) is 14.1. The number of nitrogens with zero attached hydrogens (tertiary/aromatic N) is 2. The van der Waals surface area contributed by atoms with Crippen molar-refractivity contribution in [3.63, 3.8) is 0 Å². The second kappa shape index (κ2) is 4.91. The first-order chi connectivity index (χ1) is 10.8. The summed E-state index contributed by atoms with van der Waals surface area (Å²) in [5.74, 6) is 0.812. The minimum Gasteiger partial charge on any atom is -0.497 e. The third kappa shape index (κ3) is 1.95. The molecule has 0 saturated carbocycles. The van der Waals surface area contributed by atoms with E-state index in [1.54, 1.807) is 19.4 Å². The molecule has 4 rings (SSSR count). The fourth-order valence-electron chi connectivity index (χ4n) is 3.04. The highest BCUT2D eigenvalue weighted by Gasteiger charge is 2.25. The highest BCUT2D eigenvalue weighted by atomic mass is 16.5. The van der Waals surface area contributed by atoms with Gasteiger partial charge in [-0.05, 0) is 24.3 Å². The van der Waals surface area contributed by atoms with Gasteiger partial charge in [0.15, 0.2) is 0 Å². The van der Waals surface area contributed by atoms with Crippen molar-refractivity contribution in [3.05, 3.63) is 47.4 Å². The Bertz CT molecular complexity index is 835. The molecule has 2 aromatic heterocycles. The van der Waals surface area contributed by atoms with Crippen LogP contribution in [0.2, 0.25) is 0 Å². The van der Waals surface area contributed by atoms with E-state index < -0.39 is 0 Å². The number of carbonyl (C=O) groups excluding carboxylic acids is 1. The predicted octanol–water partition coefficient (Wildman–Crippen LogP) is 2.10. The Balaban J connectivity index is 1.71. The monoisotopic (exact) mass is 296 g/mol. The third-order valence-electron chi connectivity index (χ3n) is 4.20. The summed E-state index contributed by atoms with van der Waals surface area (Å²) in [5.41, 5.74) is 3.99. The van der Waals surface area contributed by atoms with Crippen LogP contribution in [0, 0.1) is 0 Å². The third-order valence-corrected chi connectivity index (χ3v) is 4.20. The molecule has 3 aromatic rings. The fourth-order valence-corrected chi connectivity index (χ4v) is 3.04. The molecular formula is C16H16N4O2. The van der Waals surface area contributed by atoms with Gasteiger partial charge in [0, 0.05) is 47.9 Å². The first-order valence-electron chi connectivity index (χ1n) is 7.22. The van der Waals surface area contributed by atoms with Crippen LogP contribution in [0.5, 0.6) is 5.75 Å². The molecule has 0 bridgehead atoms. The van der Waals surface area contributed by atoms with Crippen LogP contribution in [0.4, 0.5) is 0 Å². The topological polar surface area (TPSA) is 74.0 Å². The molecule has 22 heavy (non-hydrogen) atoms. The second-order valence-electron chi connectivity index (χ2n) is 5.44. The minimum atomic E-state index is -0.0135. The van der Waals surface area contributed by atoms with E-state index in [1.807, 2.05) is 23.1 Å². The summed E-state index contributed by atoms with van der Waals surface area (Å²) in [6.07, 6.45) is 2.42. The van der Waals surface area contributed by atoms with Crippen LogP contribution in [-0.4, -0.2) is 39.6 Å². The summed E-state index contributed by atoms with van der Waals surface area (Å²) in [4.78, 5) is 17.8. The molecular weight excluding hydrogens is 280 g/mol. The van der Waals surface area contributed by atoms with Crippen molar-refractivity contribution in [1.29, 1.82) is 0 Å². The highest BCUT2D eigenvalue weighted by Crippen LogP contribution is 2.30. The maximum absolute atomic E-state index is 12.5. The molecule has 1 aliphatic heterocycles. The molecule has 6 nitrogen and oxygen atoms in total. The van der Waals surface area contributed by atoms with Gasteiger partial charge in [0.05, 0.1) is 7.11 Å². The predicted molar refractivity (Wildman–Crippen MR) is 81.9 cm³/mol. The van der Waals surface area contributed by atoms with E-state index in [0.717, 1.165) is 23.1 Å². The number of fused-ring (bicyclic) bond motifs is 3. The lowest BCUT2D eigenvalue weighted by Gasteiger charge is -2.26. The summed E-state index contributed by atoms with van der Waals surface area (Å²) < 4.78 is 5.31. The molecule has 0 atom stereocenters. The zero-order valence-corrected chi connectivity index (χ0v) is 12.2. The minimum absolute atomic E-state index is 0.0135. The molecule has 112 valence electrons. The number of rotatable bonds is 2. The number of aromatic nitrogens is 3. The molecule has 3 heterocycles. The molecule has 0 unspecified atom stereocenters. The lowest BCUT2D eigenvalue weighted by molar-refractivity contribution is 0.0729. The number of methoxy groups -OCH3 is 1. The van der Waals surface area contributed by atoms with E-state index in [0.29, 0.717) is 18.8 Å². The van der Waals surface area contributed by atoms with Gasteiger partial charge in [-0.25, -0.2) is 0 Å². The van der Waals surface area contributed by atoms with Gasteiger partial charge in [0.2, 0.25) is 0 Å². The lowest BCUT2D eigenvalue weighted by atomic mass is 10.0. The van der Waals surface area contributed by atoms with Crippen molar-refractivity contribution in [1.82, 2.24) is 20.1 Å². The molecule has 0 fully saturated rings. The number of nitrogens with one attached hydrogen (secondary N) is 2. The van der Waals surface area contributed by atoms with Crippen LogP contribution in [0.3, 0.4) is 0 Å². The smallest absolute Gasteiger partial charge is 0.272 e. The van der Waals surface area contributed by atoms with Crippen molar-refractivity contribution in [2.75, 3.05) is 13.7 Å². The Labute approximate surface area is 127 Å². The maximum atomic E-state index is 12.5. The Morgan fingerprint density at radius 2 is 2.27 bits per heavy atom. The number of benzene rings is 1. The molecule has 6 heteroatoms. The second-order valence-corrected chi connectivity index (χ2v) is 5.44. The van der Waals surface area contributed by atoms with E-state index in [-0.39, 0.29) is 5.91 Å². The zero-order chi connectivity index (χ0) is 15.1. The number of ether oxygens (including phenoxy) is 1. The average molecular weight is 296 g/mol. The summed E-state index contributed by atoms with van der Waals surface area (Å²) in [6, 6.07) is 7.69. The van der Waals surface area contributed by atoms with Gasteiger partial charge in [0.25, 0.3) is 5.91 Å². The van der Waals surface area contributed by atoms with Gasteiger partial charge in [-0.2, -0.15) is 5.10 Å². The van der Waals surface area contributed by atoms with Crippen LogP contribution in [0.25, 0.3) is 10.9 Å². The van der Waals surface area contributed by atoms with Crippen molar-refractivity contribution < 1.29 is 9.53 Å². The molecule has 0 aliphatic carbocycles. The SMILES string of the molecule is COc1ccc2[nH]c3c(c2c1)CN(C(=O)c1ccn[nH]1)CC3. The van der Waals surface area contributed by atoms with Crippen molar-refractivity contribution in [3.8, 4) is 5.75 Å². The largest absolute Gasteiger partial charge is 0.497 e. The van der Waals surface area contributed by atoms with Crippen LogP contribution >= 0.6 is 0 Å². The molecule has 1 aliphatic rings. The van der Waals surface area contributed by atoms with Crippen molar-refractivity contribution in [2.45, 2.75) is 13.0 Å². The highest BCUT2D eigenvalue weighted by molar-refractivity contribution is 5.93. The van der Waals surface area contributed by atoms with Crippen LogP contribution < -0.4 is 4.74 Å². The molecule has 2 N–H and O–H groups in total. The number of aromatic amines is 2. The fraction of sp³-hybridized carbons (Fsp3) is 0.250. The Morgan fingerprint density at radius 3 is 3.05 bits per heavy atom. The van der Waals surface area contributed by atoms with E-state index >= 15 is 0 Å². The van der Waals surface area contributed by atoms with E-state index in [9.17, 15) is 4.79 Å². The number of hydrogen-bond donors (Lipinski definition) is 2. The number of H-pyrrole nitrogens is 2. The van der Waals surface area contributed by atoms with E-state index in [2.05, 4.69) is 15.2 Å². The first kappa shape index (κ1) is 12.9. The van der Waals surface area contributed by atoms with Crippen LogP contribution in [0.1, 0.15) is 21.7 Å². The van der Waals surface area contributed by atoms with Gasteiger partial charge in [0.1, 0.15) is 11.4 Å². The van der Waals surface area contributed by atoms with Crippen LogP contribution in [0.15, 0.2) is 30.5 Å². The molecule has 0 radical (unpaired) electrons. The van der Waals surface area contributed by atoms with E-state index in [4.69, 9.17) is 4.74 Å². The van der Waals surface area contributed by atoms with Gasteiger partial charge < -0.3 is 14.6 Å². The van der Waals surface area contributed by atoms with Crippen LogP contribution in [-0.2, 0) is 13.0 Å². The van der Waals surface area contributed by atoms with Gasteiger partial charge in [-0.3, -0.25) is 9.89 Å².